The normalized spacial score (nSPS) is 10.2. The molecule has 2 aromatic rings. The van der Waals surface area contributed by atoms with Crippen molar-refractivity contribution in [2.24, 2.45) is 0 Å². The molecule has 1 aromatic carbocycles. The fourth-order valence-electron chi connectivity index (χ4n) is 1.76. The number of ether oxygens (including phenoxy) is 2. The molecule has 18 heavy (non-hydrogen) atoms. The summed E-state index contributed by atoms with van der Waals surface area (Å²) in [5, 5.41) is 9.30. The van der Waals surface area contributed by atoms with E-state index in [0.717, 1.165) is 22.6 Å². The number of aliphatic hydroxyl groups is 1. The van der Waals surface area contributed by atoms with Crippen LogP contribution in [0.15, 0.2) is 36.5 Å². The van der Waals surface area contributed by atoms with E-state index in [2.05, 4.69) is 4.98 Å². The second-order valence-electron chi connectivity index (χ2n) is 3.77. The summed E-state index contributed by atoms with van der Waals surface area (Å²) >= 11 is 0. The van der Waals surface area contributed by atoms with Gasteiger partial charge in [-0.25, -0.2) is 0 Å². The average molecular weight is 245 g/mol. The van der Waals surface area contributed by atoms with E-state index in [0.29, 0.717) is 5.75 Å². The van der Waals surface area contributed by atoms with Crippen LogP contribution >= 0.6 is 0 Å². The molecule has 1 heterocycles. The second-order valence-corrected chi connectivity index (χ2v) is 3.77. The Bertz CT molecular complexity index is 540. The fourth-order valence-corrected chi connectivity index (χ4v) is 1.76. The molecule has 0 spiro atoms. The van der Waals surface area contributed by atoms with E-state index in [1.807, 2.05) is 24.3 Å². The van der Waals surface area contributed by atoms with Gasteiger partial charge in [-0.2, -0.15) is 0 Å². The molecule has 0 fully saturated rings. The van der Waals surface area contributed by atoms with Crippen molar-refractivity contribution in [3.05, 3.63) is 42.1 Å². The van der Waals surface area contributed by atoms with Gasteiger partial charge in [-0.3, -0.25) is 4.98 Å². The number of hydrogen-bond acceptors (Lipinski definition) is 4. The molecule has 4 nitrogen and oxygen atoms in total. The van der Waals surface area contributed by atoms with Crippen molar-refractivity contribution < 1.29 is 14.6 Å². The number of hydrogen-bond donors (Lipinski definition) is 1. The standard InChI is InChI=1S/C14H15NO3/c1-17-12-5-6-15-13(8-12)10-3-4-14(18-2)11(7-10)9-16/h3-8,16H,9H2,1-2H3. The number of benzene rings is 1. The molecule has 0 bridgehead atoms. The Balaban J connectivity index is 2.43. The van der Waals surface area contributed by atoms with E-state index >= 15 is 0 Å². The number of pyridine rings is 1. The van der Waals surface area contributed by atoms with Crippen molar-refractivity contribution in [2.45, 2.75) is 6.61 Å². The number of nitrogens with zero attached hydrogens (tertiary/aromatic N) is 1. The van der Waals surface area contributed by atoms with Crippen molar-refractivity contribution in [1.82, 2.24) is 4.98 Å². The van der Waals surface area contributed by atoms with E-state index in [4.69, 9.17) is 9.47 Å². The largest absolute Gasteiger partial charge is 0.497 e. The van der Waals surface area contributed by atoms with Gasteiger partial charge in [0, 0.05) is 23.4 Å². The van der Waals surface area contributed by atoms with Crippen LogP contribution in [-0.2, 0) is 6.61 Å². The summed E-state index contributed by atoms with van der Waals surface area (Å²) in [6, 6.07) is 9.23. The topological polar surface area (TPSA) is 51.6 Å². The second kappa shape index (κ2) is 5.51. The zero-order valence-corrected chi connectivity index (χ0v) is 10.4. The summed E-state index contributed by atoms with van der Waals surface area (Å²) in [6.45, 7) is -0.0685. The fraction of sp³-hybridized carbons (Fsp3) is 0.214. The lowest BCUT2D eigenvalue weighted by Crippen LogP contribution is -1.93. The van der Waals surface area contributed by atoms with Gasteiger partial charge in [-0.15, -0.1) is 0 Å². The third kappa shape index (κ3) is 2.43. The molecule has 0 atom stereocenters. The smallest absolute Gasteiger partial charge is 0.124 e. The summed E-state index contributed by atoms with van der Waals surface area (Å²) in [4.78, 5) is 4.29. The van der Waals surface area contributed by atoms with Gasteiger partial charge in [0.25, 0.3) is 0 Å². The van der Waals surface area contributed by atoms with Crippen LogP contribution in [0.1, 0.15) is 5.56 Å². The first-order valence-corrected chi connectivity index (χ1v) is 5.56. The van der Waals surface area contributed by atoms with Crippen LogP contribution in [0, 0.1) is 0 Å². The molecule has 0 unspecified atom stereocenters. The molecule has 0 aliphatic carbocycles. The van der Waals surface area contributed by atoms with Crippen LogP contribution in [0.4, 0.5) is 0 Å². The Morgan fingerprint density at radius 3 is 2.61 bits per heavy atom. The third-order valence-electron chi connectivity index (χ3n) is 2.71. The highest BCUT2D eigenvalue weighted by Gasteiger charge is 2.06. The molecular weight excluding hydrogens is 230 g/mol. The highest BCUT2D eigenvalue weighted by atomic mass is 16.5. The quantitative estimate of drug-likeness (QED) is 0.897. The predicted octanol–water partition coefficient (Wildman–Crippen LogP) is 2.26. The molecule has 0 aliphatic rings. The lowest BCUT2D eigenvalue weighted by Gasteiger charge is -2.09. The maximum absolute atomic E-state index is 9.30. The summed E-state index contributed by atoms with van der Waals surface area (Å²) in [7, 11) is 3.20. The number of methoxy groups -OCH3 is 2. The Kier molecular flexibility index (Phi) is 3.79. The van der Waals surface area contributed by atoms with Crippen molar-refractivity contribution in [2.75, 3.05) is 14.2 Å². The lowest BCUT2D eigenvalue weighted by molar-refractivity contribution is 0.274. The van der Waals surface area contributed by atoms with Crippen molar-refractivity contribution in [1.29, 1.82) is 0 Å². The molecule has 1 N–H and O–H groups in total. The van der Waals surface area contributed by atoms with Crippen LogP contribution in [0.2, 0.25) is 0 Å². The summed E-state index contributed by atoms with van der Waals surface area (Å²) in [5.74, 6) is 1.42. The van der Waals surface area contributed by atoms with Gasteiger partial charge in [0.2, 0.25) is 0 Å². The van der Waals surface area contributed by atoms with E-state index < -0.39 is 0 Å². The van der Waals surface area contributed by atoms with Gasteiger partial charge in [0.15, 0.2) is 0 Å². The Labute approximate surface area is 106 Å². The van der Waals surface area contributed by atoms with Crippen LogP contribution in [0.25, 0.3) is 11.3 Å². The van der Waals surface area contributed by atoms with Crippen LogP contribution < -0.4 is 9.47 Å². The first-order chi connectivity index (χ1) is 8.78. The number of rotatable bonds is 4. The molecule has 0 radical (unpaired) electrons. The molecule has 0 saturated heterocycles. The van der Waals surface area contributed by atoms with E-state index in [9.17, 15) is 5.11 Å². The van der Waals surface area contributed by atoms with Gasteiger partial charge >= 0.3 is 0 Å². The van der Waals surface area contributed by atoms with Gasteiger partial charge in [0.05, 0.1) is 26.5 Å². The molecular formula is C14H15NO3. The summed E-state index contributed by atoms with van der Waals surface area (Å²) < 4.78 is 10.3. The Morgan fingerprint density at radius 2 is 1.94 bits per heavy atom. The third-order valence-corrected chi connectivity index (χ3v) is 2.71. The zero-order valence-electron chi connectivity index (χ0n) is 10.4. The molecule has 0 saturated carbocycles. The first-order valence-electron chi connectivity index (χ1n) is 5.56. The van der Waals surface area contributed by atoms with Gasteiger partial charge < -0.3 is 14.6 Å². The predicted molar refractivity (Wildman–Crippen MR) is 68.7 cm³/mol. The van der Waals surface area contributed by atoms with Gasteiger partial charge in [-0.1, -0.05) is 0 Å². The van der Waals surface area contributed by atoms with Crippen molar-refractivity contribution in [3.8, 4) is 22.8 Å². The average Bonchev–Trinajstić information content (AvgIpc) is 2.46. The van der Waals surface area contributed by atoms with E-state index in [1.165, 1.54) is 0 Å². The van der Waals surface area contributed by atoms with E-state index in [-0.39, 0.29) is 6.61 Å². The van der Waals surface area contributed by atoms with Crippen LogP contribution in [0.5, 0.6) is 11.5 Å². The minimum absolute atomic E-state index is 0.0685. The number of aliphatic hydroxyl groups excluding tert-OH is 1. The Hall–Kier alpha value is -2.07. The van der Waals surface area contributed by atoms with E-state index in [1.54, 1.807) is 26.5 Å². The first kappa shape index (κ1) is 12.4. The van der Waals surface area contributed by atoms with Gasteiger partial charge in [0.1, 0.15) is 11.5 Å². The lowest BCUT2D eigenvalue weighted by atomic mass is 10.1. The molecule has 2 rings (SSSR count). The molecule has 1 aromatic heterocycles. The minimum Gasteiger partial charge on any atom is -0.497 e. The van der Waals surface area contributed by atoms with Crippen molar-refractivity contribution >= 4 is 0 Å². The van der Waals surface area contributed by atoms with Crippen LogP contribution in [0.3, 0.4) is 0 Å². The van der Waals surface area contributed by atoms with Gasteiger partial charge in [-0.05, 0) is 24.3 Å². The maximum atomic E-state index is 9.30. The summed E-state index contributed by atoms with van der Waals surface area (Å²) in [6.07, 6.45) is 1.69. The maximum Gasteiger partial charge on any atom is 0.124 e. The monoisotopic (exact) mass is 245 g/mol. The highest BCUT2D eigenvalue weighted by molar-refractivity contribution is 5.63. The highest BCUT2D eigenvalue weighted by Crippen LogP contribution is 2.27. The van der Waals surface area contributed by atoms with Crippen LogP contribution in [-0.4, -0.2) is 24.3 Å². The van der Waals surface area contributed by atoms with Crippen molar-refractivity contribution in [3.63, 3.8) is 0 Å². The summed E-state index contributed by atoms with van der Waals surface area (Å²) in [5.41, 5.74) is 2.45. The molecule has 4 heteroatoms. The molecule has 94 valence electrons. The molecule has 0 aliphatic heterocycles. The minimum atomic E-state index is -0.0685. The zero-order chi connectivity index (χ0) is 13.0. The Morgan fingerprint density at radius 1 is 1.11 bits per heavy atom. The number of aromatic nitrogens is 1. The molecule has 0 amide bonds. The SMILES string of the molecule is COc1ccnc(-c2ccc(OC)c(CO)c2)c1.